The fourth-order valence-electron chi connectivity index (χ4n) is 3.16. The fourth-order valence-corrected chi connectivity index (χ4v) is 3.68. The van der Waals surface area contributed by atoms with E-state index in [0.29, 0.717) is 5.56 Å². The Morgan fingerprint density at radius 1 is 1.07 bits per heavy atom. The summed E-state index contributed by atoms with van der Waals surface area (Å²) < 4.78 is 63.8. The van der Waals surface area contributed by atoms with Crippen LogP contribution in [-0.4, -0.2) is 24.7 Å². The summed E-state index contributed by atoms with van der Waals surface area (Å²) >= 11 is 0. The third-order valence-corrected chi connectivity index (χ3v) is 5.45. The SMILES string of the molecule is NS(=O)(=O)c1ccc(-n2nc(C(F)(F)F)cc2-c2ccc3c(c2)CCN3)cc1. The molecule has 0 radical (unpaired) electrons. The quantitative estimate of drug-likeness (QED) is 0.697. The molecule has 6 nitrogen and oxygen atoms in total. The van der Waals surface area contributed by atoms with Crippen molar-refractivity contribution >= 4 is 15.7 Å². The molecule has 28 heavy (non-hydrogen) atoms. The topological polar surface area (TPSA) is 90.0 Å². The molecule has 0 fully saturated rings. The number of hydrogen-bond donors (Lipinski definition) is 2. The minimum Gasteiger partial charge on any atom is -0.384 e. The Bertz CT molecular complexity index is 1150. The lowest BCUT2D eigenvalue weighted by Crippen LogP contribution is -2.12. The van der Waals surface area contributed by atoms with E-state index in [1.54, 1.807) is 6.07 Å². The molecule has 0 bridgehead atoms. The van der Waals surface area contributed by atoms with E-state index in [1.807, 2.05) is 12.1 Å². The summed E-state index contributed by atoms with van der Waals surface area (Å²) in [6.07, 6.45) is -3.83. The third-order valence-electron chi connectivity index (χ3n) is 4.52. The van der Waals surface area contributed by atoms with Crippen molar-refractivity contribution in [2.75, 3.05) is 11.9 Å². The zero-order valence-electron chi connectivity index (χ0n) is 14.4. The molecule has 2 aromatic carbocycles. The Hall–Kier alpha value is -2.85. The molecule has 0 unspecified atom stereocenters. The first kappa shape index (κ1) is 18.5. The lowest BCUT2D eigenvalue weighted by atomic mass is 10.1. The van der Waals surface area contributed by atoms with E-state index in [1.165, 1.54) is 24.3 Å². The zero-order valence-corrected chi connectivity index (χ0v) is 15.2. The molecular formula is C18H15F3N4O2S. The van der Waals surface area contributed by atoms with Crippen molar-refractivity contribution in [3.05, 3.63) is 59.8 Å². The average molecular weight is 408 g/mol. The number of nitrogens with two attached hydrogens (primary N) is 1. The van der Waals surface area contributed by atoms with E-state index in [0.717, 1.165) is 35.0 Å². The highest BCUT2D eigenvalue weighted by Crippen LogP contribution is 2.35. The van der Waals surface area contributed by atoms with E-state index in [2.05, 4.69) is 10.4 Å². The van der Waals surface area contributed by atoms with Crippen molar-refractivity contribution in [3.8, 4) is 16.9 Å². The summed E-state index contributed by atoms with van der Waals surface area (Å²) in [5, 5.41) is 12.0. The van der Waals surface area contributed by atoms with Crippen molar-refractivity contribution in [1.29, 1.82) is 0 Å². The van der Waals surface area contributed by atoms with Crippen LogP contribution in [0.25, 0.3) is 16.9 Å². The number of primary sulfonamides is 1. The van der Waals surface area contributed by atoms with Crippen LogP contribution in [0, 0.1) is 0 Å². The van der Waals surface area contributed by atoms with Gasteiger partial charge in [-0.2, -0.15) is 18.3 Å². The number of nitrogens with one attached hydrogen (secondary N) is 1. The summed E-state index contributed by atoms with van der Waals surface area (Å²) in [6.45, 7) is 0.779. The molecule has 10 heteroatoms. The predicted molar refractivity (Wildman–Crippen MR) is 97.6 cm³/mol. The van der Waals surface area contributed by atoms with Crippen LogP contribution in [0.1, 0.15) is 11.3 Å². The van der Waals surface area contributed by atoms with Crippen LogP contribution < -0.4 is 10.5 Å². The molecule has 4 rings (SSSR count). The van der Waals surface area contributed by atoms with E-state index >= 15 is 0 Å². The van der Waals surface area contributed by atoms with Crippen LogP contribution in [0.4, 0.5) is 18.9 Å². The van der Waals surface area contributed by atoms with Gasteiger partial charge >= 0.3 is 6.18 Å². The third kappa shape index (κ3) is 3.36. The Labute approximate surface area is 158 Å². The summed E-state index contributed by atoms with van der Waals surface area (Å²) in [5.41, 5.74) is 2.08. The Balaban J connectivity index is 1.86. The van der Waals surface area contributed by atoms with Crippen LogP contribution in [0.15, 0.2) is 53.4 Å². The van der Waals surface area contributed by atoms with E-state index in [9.17, 15) is 21.6 Å². The maximum atomic E-state index is 13.3. The molecule has 1 aliphatic heterocycles. The molecule has 0 saturated carbocycles. The number of fused-ring (bicyclic) bond motifs is 1. The Morgan fingerprint density at radius 3 is 2.43 bits per heavy atom. The van der Waals surface area contributed by atoms with Crippen molar-refractivity contribution in [2.45, 2.75) is 17.5 Å². The molecule has 0 amide bonds. The van der Waals surface area contributed by atoms with Gasteiger partial charge in [0.15, 0.2) is 5.69 Å². The van der Waals surface area contributed by atoms with Crippen molar-refractivity contribution < 1.29 is 21.6 Å². The molecular weight excluding hydrogens is 393 g/mol. The number of hydrogen-bond acceptors (Lipinski definition) is 4. The zero-order chi connectivity index (χ0) is 20.1. The van der Waals surface area contributed by atoms with Crippen LogP contribution in [-0.2, 0) is 22.6 Å². The molecule has 1 aromatic heterocycles. The second kappa shape index (κ2) is 6.35. The van der Waals surface area contributed by atoms with Gasteiger partial charge in [-0.1, -0.05) is 6.07 Å². The summed E-state index contributed by atoms with van der Waals surface area (Å²) in [6, 6.07) is 11.6. The summed E-state index contributed by atoms with van der Waals surface area (Å²) in [7, 11) is -3.91. The van der Waals surface area contributed by atoms with Gasteiger partial charge in [0.1, 0.15) is 0 Å². The lowest BCUT2D eigenvalue weighted by Gasteiger charge is -2.10. The minimum absolute atomic E-state index is 0.135. The highest BCUT2D eigenvalue weighted by atomic mass is 32.2. The Morgan fingerprint density at radius 2 is 1.79 bits per heavy atom. The normalized spacial score (nSPS) is 14.0. The monoisotopic (exact) mass is 408 g/mol. The fraction of sp³-hybridized carbons (Fsp3) is 0.167. The maximum Gasteiger partial charge on any atom is 0.435 e. The smallest absolute Gasteiger partial charge is 0.384 e. The number of aromatic nitrogens is 2. The standard InChI is InChI=1S/C18H15F3N4O2S/c19-18(20,21)17-10-16(12-1-6-15-11(9-12)7-8-23-15)25(24-17)13-2-4-14(5-3-13)28(22,26)27/h1-6,9-10,23H,7-8H2,(H2,22,26,27). The molecule has 0 atom stereocenters. The van der Waals surface area contributed by atoms with Crippen molar-refractivity contribution in [3.63, 3.8) is 0 Å². The van der Waals surface area contributed by atoms with Gasteiger partial charge in [0, 0.05) is 17.8 Å². The molecule has 1 aliphatic rings. The van der Waals surface area contributed by atoms with E-state index in [-0.39, 0.29) is 16.3 Å². The van der Waals surface area contributed by atoms with Gasteiger partial charge in [-0.15, -0.1) is 0 Å². The van der Waals surface area contributed by atoms with E-state index in [4.69, 9.17) is 5.14 Å². The molecule has 3 aromatic rings. The average Bonchev–Trinajstić information content (AvgIpc) is 3.27. The highest BCUT2D eigenvalue weighted by Gasteiger charge is 2.35. The van der Waals surface area contributed by atoms with Gasteiger partial charge in [0.05, 0.1) is 16.3 Å². The van der Waals surface area contributed by atoms with Gasteiger partial charge in [-0.05, 0) is 54.4 Å². The number of sulfonamides is 1. The second-order valence-electron chi connectivity index (χ2n) is 6.41. The summed E-state index contributed by atoms with van der Waals surface area (Å²) in [5.74, 6) is 0. The number of anilines is 1. The largest absolute Gasteiger partial charge is 0.435 e. The summed E-state index contributed by atoms with van der Waals surface area (Å²) in [4.78, 5) is -0.135. The molecule has 3 N–H and O–H groups in total. The van der Waals surface area contributed by atoms with Crippen LogP contribution >= 0.6 is 0 Å². The molecule has 0 spiro atoms. The van der Waals surface area contributed by atoms with Crippen molar-refractivity contribution in [2.24, 2.45) is 5.14 Å². The number of alkyl halides is 3. The first-order valence-electron chi connectivity index (χ1n) is 8.30. The first-order chi connectivity index (χ1) is 13.1. The van der Waals surface area contributed by atoms with Gasteiger partial charge in [-0.3, -0.25) is 0 Å². The van der Waals surface area contributed by atoms with Gasteiger partial charge in [0.25, 0.3) is 0 Å². The van der Waals surface area contributed by atoms with Crippen LogP contribution in [0.5, 0.6) is 0 Å². The number of rotatable bonds is 3. The predicted octanol–water partition coefficient (Wildman–Crippen LogP) is 3.17. The maximum absolute atomic E-state index is 13.3. The molecule has 146 valence electrons. The minimum atomic E-state index is -4.61. The Kier molecular flexibility index (Phi) is 4.20. The lowest BCUT2D eigenvalue weighted by molar-refractivity contribution is -0.141. The second-order valence-corrected chi connectivity index (χ2v) is 7.97. The van der Waals surface area contributed by atoms with Crippen molar-refractivity contribution in [1.82, 2.24) is 9.78 Å². The molecule has 0 aliphatic carbocycles. The first-order valence-corrected chi connectivity index (χ1v) is 9.85. The number of halogens is 3. The number of benzene rings is 2. The van der Waals surface area contributed by atoms with Gasteiger partial charge in [0.2, 0.25) is 10.0 Å². The molecule has 0 saturated heterocycles. The molecule has 2 heterocycles. The van der Waals surface area contributed by atoms with Crippen LogP contribution in [0.2, 0.25) is 0 Å². The van der Waals surface area contributed by atoms with Gasteiger partial charge < -0.3 is 5.32 Å². The van der Waals surface area contributed by atoms with Gasteiger partial charge in [-0.25, -0.2) is 18.2 Å². The highest BCUT2D eigenvalue weighted by molar-refractivity contribution is 7.89. The van der Waals surface area contributed by atoms with E-state index < -0.39 is 21.9 Å². The number of nitrogens with zero attached hydrogens (tertiary/aromatic N) is 2. The van der Waals surface area contributed by atoms with Crippen LogP contribution in [0.3, 0.4) is 0 Å².